The largest absolute Gasteiger partial charge is 0.354 e. The van der Waals surface area contributed by atoms with E-state index < -0.39 is 0 Å². The molecule has 0 spiro atoms. The minimum absolute atomic E-state index is 0.0175. The van der Waals surface area contributed by atoms with Crippen molar-refractivity contribution in [2.45, 2.75) is 38.6 Å². The fraction of sp³-hybridized carbons (Fsp3) is 0.273. The van der Waals surface area contributed by atoms with E-state index in [-0.39, 0.29) is 17.9 Å². The van der Waals surface area contributed by atoms with Crippen LogP contribution in [0.2, 0.25) is 0 Å². The molecule has 6 nitrogen and oxygen atoms in total. The predicted octanol–water partition coefficient (Wildman–Crippen LogP) is 3.86. The molecule has 1 heterocycles. The fourth-order valence-electron chi connectivity index (χ4n) is 2.82. The van der Waals surface area contributed by atoms with E-state index in [0.717, 1.165) is 12.8 Å². The summed E-state index contributed by atoms with van der Waals surface area (Å²) in [5.41, 5.74) is 1.97. The van der Waals surface area contributed by atoms with E-state index in [1.807, 2.05) is 55.5 Å². The molecule has 0 aliphatic carbocycles. The number of anilines is 1. The molecule has 3 aromatic rings. The van der Waals surface area contributed by atoms with Gasteiger partial charge in [-0.05, 0) is 37.5 Å². The molecule has 2 N–H and O–H groups in total. The third-order valence-electron chi connectivity index (χ3n) is 4.37. The van der Waals surface area contributed by atoms with Crippen molar-refractivity contribution in [3.63, 3.8) is 0 Å². The van der Waals surface area contributed by atoms with Crippen LogP contribution in [0.15, 0.2) is 60.7 Å². The van der Waals surface area contributed by atoms with E-state index in [9.17, 15) is 9.59 Å². The highest BCUT2D eigenvalue weighted by Crippen LogP contribution is 2.14. The summed E-state index contributed by atoms with van der Waals surface area (Å²) in [6.07, 6.45) is 2.61. The summed E-state index contributed by atoms with van der Waals surface area (Å²) in [7, 11) is 0. The Hall–Kier alpha value is -3.06. The fourth-order valence-corrected chi connectivity index (χ4v) is 3.55. The van der Waals surface area contributed by atoms with Gasteiger partial charge >= 0.3 is 0 Å². The summed E-state index contributed by atoms with van der Waals surface area (Å²) in [5, 5.41) is 14.7. The topological polar surface area (TPSA) is 84.0 Å². The molecular weight excluding hydrogens is 384 g/mol. The molecule has 29 heavy (non-hydrogen) atoms. The van der Waals surface area contributed by atoms with Gasteiger partial charge in [0.15, 0.2) is 0 Å². The second-order valence-corrected chi connectivity index (χ2v) is 7.88. The van der Waals surface area contributed by atoms with Gasteiger partial charge in [-0.2, -0.15) is 0 Å². The van der Waals surface area contributed by atoms with Crippen LogP contribution in [-0.2, 0) is 17.6 Å². The smallest absolute Gasteiger partial charge is 0.286 e. The van der Waals surface area contributed by atoms with Gasteiger partial charge < -0.3 is 10.6 Å². The van der Waals surface area contributed by atoms with E-state index in [2.05, 4.69) is 33.0 Å². The van der Waals surface area contributed by atoms with Gasteiger partial charge in [0.1, 0.15) is 5.01 Å². The number of nitrogens with zero attached hydrogens (tertiary/aromatic N) is 2. The highest BCUT2D eigenvalue weighted by molar-refractivity contribution is 7.13. The number of nitrogens with one attached hydrogen (secondary N) is 2. The first-order chi connectivity index (χ1) is 14.1. The van der Waals surface area contributed by atoms with E-state index in [4.69, 9.17) is 0 Å². The number of carbonyl (C=O) groups excluding carboxylic acids is 2. The number of hydrogen-bond donors (Lipinski definition) is 2. The summed E-state index contributed by atoms with van der Waals surface area (Å²) in [4.78, 5) is 24.4. The molecule has 0 aliphatic rings. The van der Waals surface area contributed by atoms with Crippen molar-refractivity contribution in [2.24, 2.45) is 0 Å². The lowest BCUT2D eigenvalue weighted by atomic mass is 10.1. The van der Waals surface area contributed by atoms with Crippen molar-refractivity contribution in [1.29, 1.82) is 0 Å². The van der Waals surface area contributed by atoms with Crippen LogP contribution in [0.5, 0.6) is 0 Å². The minimum Gasteiger partial charge on any atom is -0.354 e. The molecule has 150 valence electrons. The quantitative estimate of drug-likeness (QED) is 0.563. The van der Waals surface area contributed by atoms with Crippen LogP contribution in [0.4, 0.5) is 5.69 Å². The molecule has 0 aliphatic heterocycles. The Kier molecular flexibility index (Phi) is 7.47. The van der Waals surface area contributed by atoms with Gasteiger partial charge in [0.05, 0.1) is 0 Å². The van der Waals surface area contributed by atoms with Crippen LogP contribution in [0, 0.1) is 0 Å². The standard InChI is InChI=1S/C22H24N4O2S/c1-16(12-13-17-8-4-2-5-9-17)23-19(27)14-15-20-25-26-22(29-20)21(28)24-18-10-6-3-7-11-18/h2-11,16H,12-15H2,1H3,(H,23,27)(H,24,28). The summed E-state index contributed by atoms with van der Waals surface area (Å²) in [5.74, 6) is -0.310. The summed E-state index contributed by atoms with van der Waals surface area (Å²) in [6.45, 7) is 2.01. The second kappa shape index (κ2) is 10.5. The van der Waals surface area contributed by atoms with Crippen molar-refractivity contribution in [3.05, 3.63) is 76.2 Å². The van der Waals surface area contributed by atoms with Gasteiger partial charge in [0, 0.05) is 24.6 Å². The van der Waals surface area contributed by atoms with E-state index in [1.54, 1.807) is 0 Å². The molecule has 0 radical (unpaired) electrons. The molecule has 2 aromatic carbocycles. The van der Waals surface area contributed by atoms with Crippen LogP contribution < -0.4 is 10.6 Å². The zero-order valence-corrected chi connectivity index (χ0v) is 17.1. The minimum atomic E-state index is -0.293. The number of amides is 2. The monoisotopic (exact) mass is 408 g/mol. The first-order valence-electron chi connectivity index (χ1n) is 9.62. The average Bonchev–Trinajstić information content (AvgIpc) is 3.22. The van der Waals surface area contributed by atoms with E-state index in [1.165, 1.54) is 16.9 Å². The van der Waals surface area contributed by atoms with Crippen molar-refractivity contribution in [2.75, 3.05) is 5.32 Å². The predicted molar refractivity (Wildman–Crippen MR) is 115 cm³/mol. The number of benzene rings is 2. The third-order valence-corrected chi connectivity index (χ3v) is 5.36. The maximum Gasteiger partial charge on any atom is 0.286 e. The average molecular weight is 409 g/mol. The molecule has 7 heteroatoms. The van der Waals surface area contributed by atoms with Gasteiger partial charge in [-0.1, -0.05) is 59.9 Å². The lowest BCUT2D eigenvalue weighted by molar-refractivity contribution is -0.121. The number of aromatic nitrogens is 2. The normalized spacial score (nSPS) is 11.6. The zero-order valence-electron chi connectivity index (χ0n) is 16.3. The maximum absolute atomic E-state index is 12.2. The Balaban J connectivity index is 1.40. The molecule has 3 rings (SSSR count). The van der Waals surface area contributed by atoms with E-state index in [0.29, 0.717) is 28.5 Å². The molecule has 2 amide bonds. The van der Waals surface area contributed by atoms with Crippen molar-refractivity contribution < 1.29 is 9.59 Å². The van der Waals surface area contributed by atoms with Crippen molar-refractivity contribution >= 4 is 28.8 Å². The van der Waals surface area contributed by atoms with Crippen LogP contribution in [0.25, 0.3) is 0 Å². The van der Waals surface area contributed by atoms with Gasteiger partial charge in [-0.25, -0.2) is 0 Å². The number of para-hydroxylation sites is 1. The summed E-state index contributed by atoms with van der Waals surface area (Å²) < 4.78 is 0. The Bertz CT molecular complexity index is 928. The van der Waals surface area contributed by atoms with Gasteiger partial charge in [0.25, 0.3) is 5.91 Å². The first kappa shape index (κ1) is 20.7. The Morgan fingerprint density at radius 2 is 1.66 bits per heavy atom. The lowest BCUT2D eigenvalue weighted by Crippen LogP contribution is -2.33. The molecule has 0 saturated carbocycles. The van der Waals surface area contributed by atoms with Gasteiger partial charge in [-0.3, -0.25) is 9.59 Å². The van der Waals surface area contributed by atoms with Gasteiger partial charge in [-0.15, -0.1) is 10.2 Å². The molecular formula is C22H24N4O2S. The zero-order chi connectivity index (χ0) is 20.5. The molecule has 0 saturated heterocycles. The van der Waals surface area contributed by atoms with Crippen LogP contribution in [0.1, 0.15) is 40.1 Å². The summed E-state index contributed by atoms with van der Waals surface area (Å²) >= 11 is 1.21. The highest BCUT2D eigenvalue weighted by atomic mass is 32.1. The number of hydrogen-bond acceptors (Lipinski definition) is 5. The first-order valence-corrected chi connectivity index (χ1v) is 10.4. The maximum atomic E-state index is 12.2. The van der Waals surface area contributed by atoms with Crippen molar-refractivity contribution in [3.8, 4) is 0 Å². The highest BCUT2D eigenvalue weighted by Gasteiger charge is 2.14. The SMILES string of the molecule is CC(CCc1ccccc1)NC(=O)CCc1nnc(C(=O)Nc2ccccc2)s1. The van der Waals surface area contributed by atoms with Gasteiger partial charge in [0.2, 0.25) is 10.9 Å². The summed E-state index contributed by atoms with van der Waals surface area (Å²) in [6, 6.07) is 19.5. The Morgan fingerprint density at radius 3 is 2.38 bits per heavy atom. The van der Waals surface area contributed by atoms with Crippen LogP contribution in [-0.4, -0.2) is 28.1 Å². The Morgan fingerprint density at radius 1 is 0.966 bits per heavy atom. The Labute approximate surface area is 174 Å². The van der Waals surface area contributed by atoms with E-state index >= 15 is 0 Å². The molecule has 1 unspecified atom stereocenters. The molecule has 0 bridgehead atoms. The number of carbonyl (C=O) groups is 2. The van der Waals surface area contributed by atoms with Crippen LogP contribution >= 0.6 is 11.3 Å². The number of rotatable bonds is 9. The van der Waals surface area contributed by atoms with Crippen LogP contribution in [0.3, 0.4) is 0 Å². The molecule has 1 atom stereocenters. The van der Waals surface area contributed by atoms with Crippen molar-refractivity contribution in [1.82, 2.24) is 15.5 Å². The number of aryl methyl sites for hydroxylation is 2. The molecule has 1 aromatic heterocycles. The second-order valence-electron chi connectivity index (χ2n) is 6.81. The lowest BCUT2D eigenvalue weighted by Gasteiger charge is -2.13. The molecule has 0 fully saturated rings. The third kappa shape index (κ3) is 6.80.